The number of thiophene rings is 1. The van der Waals surface area contributed by atoms with Crippen LogP contribution in [-0.2, 0) is 6.42 Å². The van der Waals surface area contributed by atoms with Crippen LogP contribution in [0.3, 0.4) is 0 Å². The van der Waals surface area contributed by atoms with Crippen LogP contribution in [0.1, 0.15) is 36.7 Å². The summed E-state index contributed by atoms with van der Waals surface area (Å²) in [7, 11) is 0. The number of rotatable bonds is 4. The van der Waals surface area contributed by atoms with Gasteiger partial charge in [0, 0.05) is 22.0 Å². The second-order valence-electron chi connectivity index (χ2n) is 7.00. The number of aryl methyl sites for hydroxylation is 2. The van der Waals surface area contributed by atoms with Crippen LogP contribution in [0.4, 0.5) is 0 Å². The number of benzene rings is 1. The Hall–Kier alpha value is -2.50. The van der Waals surface area contributed by atoms with Crippen molar-refractivity contribution in [2.45, 2.75) is 33.1 Å². The van der Waals surface area contributed by atoms with Crippen LogP contribution in [0.5, 0.6) is 0 Å². The summed E-state index contributed by atoms with van der Waals surface area (Å²) >= 11 is 1.48. The van der Waals surface area contributed by atoms with E-state index in [1.54, 1.807) is 0 Å². The van der Waals surface area contributed by atoms with Gasteiger partial charge in [-0.3, -0.25) is 9.78 Å². The van der Waals surface area contributed by atoms with Crippen LogP contribution in [0.15, 0.2) is 40.5 Å². The van der Waals surface area contributed by atoms with Crippen LogP contribution in [0, 0.1) is 6.92 Å². The summed E-state index contributed by atoms with van der Waals surface area (Å²) in [6.07, 6.45) is 0.831. The molecule has 4 aromatic rings. The summed E-state index contributed by atoms with van der Waals surface area (Å²) in [6, 6.07) is 10.6. The lowest BCUT2D eigenvalue weighted by atomic mass is 9.93. The standard InChI is InChI=1S/C22H23N3OS/c1-4-17-18(15-7-5-14(6-8-15)12(2)11-23)19-16-9-10-27-21(16)22(26)25-20(19)13(3)24-17/h5-10,12H,4,11,23H2,1-3H3,(H,25,26)/t12-/m0/s1. The summed E-state index contributed by atoms with van der Waals surface area (Å²) in [5.41, 5.74) is 12.0. The van der Waals surface area contributed by atoms with Crippen molar-refractivity contribution in [3.05, 3.63) is 63.0 Å². The number of hydrogen-bond acceptors (Lipinski definition) is 4. The summed E-state index contributed by atoms with van der Waals surface area (Å²) in [5.74, 6) is 0.331. The predicted molar refractivity (Wildman–Crippen MR) is 115 cm³/mol. The number of aromatic amines is 1. The van der Waals surface area contributed by atoms with Crippen molar-refractivity contribution in [3.8, 4) is 11.1 Å². The molecule has 3 heterocycles. The number of hydrogen-bond donors (Lipinski definition) is 2. The Morgan fingerprint density at radius 2 is 1.96 bits per heavy atom. The molecule has 0 spiro atoms. The Balaban J connectivity index is 2.08. The van der Waals surface area contributed by atoms with E-state index in [0.29, 0.717) is 12.5 Å². The van der Waals surface area contributed by atoms with Gasteiger partial charge in [-0.1, -0.05) is 38.1 Å². The Labute approximate surface area is 162 Å². The van der Waals surface area contributed by atoms with Crippen molar-refractivity contribution in [2.24, 2.45) is 5.73 Å². The first-order valence-electron chi connectivity index (χ1n) is 9.28. The van der Waals surface area contributed by atoms with Crippen molar-refractivity contribution in [3.63, 3.8) is 0 Å². The van der Waals surface area contributed by atoms with E-state index in [0.717, 1.165) is 49.9 Å². The topological polar surface area (TPSA) is 71.8 Å². The zero-order valence-electron chi connectivity index (χ0n) is 15.8. The first-order chi connectivity index (χ1) is 13.0. The summed E-state index contributed by atoms with van der Waals surface area (Å²) in [5, 5.41) is 4.08. The smallest absolute Gasteiger partial charge is 0.266 e. The first kappa shape index (κ1) is 17.9. The van der Waals surface area contributed by atoms with Gasteiger partial charge >= 0.3 is 0 Å². The molecule has 0 unspecified atom stereocenters. The van der Waals surface area contributed by atoms with Crippen molar-refractivity contribution < 1.29 is 0 Å². The maximum atomic E-state index is 12.5. The van der Waals surface area contributed by atoms with E-state index in [4.69, 9.17) is 10.7 Å². The first-order valence-corrected chi connectivity index (χ1v) is 10.2. The number of nitrogens with one attached hydrogen (secondary N) is 1. The molecule has 0 saturated heterocycles. The number of fused-ring (bicyclic) bond motifs is 3. The Kier molecular flexibility index (Phi) is 4.58. The van der Waals surface area contributed by atoms with Crippen molar-refractivity contribution in [1.82, 2.24) is 9.97 Å². The van der Waals surface area contributed by atoms with Gasteiger partial charge < -0.3 is 10.7 Å². The molecule has 0 bridgehead atoms. The molecule has 0 aliphatic carbocycles. The fourth-order valence-electron chi connectivity index (χ4n) is 3.72. The van der Waals surface area contributed by atoms with Gasteiger partial charge in [0.25, 0.3) is 5.56 Å². The minimum Gasteiger partial charge on any atom is -0.330 e. The van der Waals surface area contributed by atoms with Crippen LogP contribution in [0.25, 0.3) is 32.1 Å². The van der Waals surface area contributed by atoms with Gasteiger partial charge in [0.05, 0.1) is 11.2 Å². The zero-order valence-corrected chi connectivity index (χ0v) is 16.6. The molecule has 5 heteroatoms. The molecule has 3 aromatic heterocycles. The molecule has 0 saturated carbocycles. The maximum absolute atomic E-state index is 12.5. The van der Waals surface area contributed by atoms with E-state index >= 15 is 0 Å². The molecule has 4 rings (SSSR count). The van der Waals surface area contributed by atoms with Crippen LogP contribution in [0.2, 0.25) is 0 Å². The molecule has 1 atom stereocenters. The highest BCUT2D eigenvalue weighted by Crippen LogP contribution is 2.37. The monoisotopic (exact) mass is 377 g/mol. The van der Waals surface area contributed by atoms with Crippen LogP contribution in [-0.4, -0.2) is 16.5 Å². The quantitative estimate of drug-likeness (QED) is 0.540. The molecule has 0 radical (unpaired) electrons. The number of nitrogens with two attached hydrogens (primary N) is 1. The van der Waals surface area contributed by atoms with E-state index < -0.39 is 0 Å². The lowest BCUT2D eigenvalue weighted by molar-refractivity contribution is 0.774. The van der Waals surface area contributed by atoms with Crippen molar-refractivity contribution >= 4 is 32.3 Å². The van der Waals surface area contributed by atoms with Crippen LogP contribution < -0.4 is 11.3 Å². The lowest BCUT2D eigenvalue weighted by Gasteiger charge is -2.16. The van der Waals surface area contributed by atoms with Crippen LogP contribution >= 0.6 is 11.3 Å². The third kappa shape index (κ3) is 2.87. The van der Waals surface area contributed by atoms with E-state index in [-0.39, 0.29) is 5.56 Å². The fraction of sp³-hybridized carbons (Fsp3) is 0.273. The lowest BCUT2D eigenvalue weighted by Crippen LogP contribution is -2.09. The van der Waals surface area contributed by atoms with E-state index in [1.165, 1.54) is 16.9 Å². The average Bonchev–Trinajstić information content (AvgIpc) is 3.18. The highest BCUT2D eigenvalue weighted by atomic mass is 32.1. The second-order valence-corrected chi connectivity index (χ2v) is 7.91. The maximum Gasteiger partial charge on any atom is 0.266 e. The van der Waals surface area contributed by atoms with Gasteiger partial charge in [0.2, 0.25) is 0 Å². The molecule has 138 valence electrons. The zero-order chi connectivity index (χ0) is 19.1. The molecule has 1 aromatic carbocycles. The molecule has 0 amide bonds. The fourth-order valence-corrected chi connectivity index (χ4v) is 4.52. The van der Waals surface area contributed by atoms with Gasteiger partial charge in [-0.2, -0.15) is 0 Å². The second kappa shape index (κ2) is 6.91. The molecular formula is C22H23N3OS. The molecule has 0 aliphatic rings. The van der Waals surface area contributed by atoms with E-state index in [2.05, 4.69) is 43.1 Å². The highest BCUT2D eigenvalue weighted by Gasteiger charge is 2.18. The minimum absolute atomic E-state index is 0.0419. The minimum atomic E-state index is -0.0419. The Morgan fingerprint density at radius 3 is 2.63 bits per heavy atom. The molecular weight excluding hydrogens is 354 g/mol. The SMILES string of the molecule is CCc1nc(C)c2[nH]c(=O)c3sccc3c2c1-c1ccc([C@@H](C)CN)cc1. The van der Waals surface area contributed by atoms with Gasteiger partial charge in [-0.05, 0) is 48.4 Å². The van der Waals surface area contributed by atoms with Crippen molar-refractivity contribution in [2.75, 3.05) is 6.54 Å². The normalized spacial score (nSPS) is 12.7. The average molecular weight is 378 g/mol. The summed E-state index contributed by atoms with van der Waals surface area (Å²) in [6.45, 7) is 6.85. The number of pyridine rings is 2. The molecule has 0 aliphatic heterocycles. The van der Waals surface area contributed by atoms with E-state index in [1.807, 2.05) is 18.4 Å². The largest absolute Gasteiger partial charge is 0.330 e. The number of nitrogens with zero attached hydrogens (tertiary/aromatic N) is 1. The molecule has 0 fully saturated rings. The third-order valence-electron chi connectivity index (χ3n) is 5.29. The molecule has 4 nitrogen and oxygen atoms in total. The molecule has 27 heavy (non-hydrogen) atoms. The van der Waals surface area contributed by atoms with E-state index in [9.17, 15) is 4.79 Å². The highest BCUT2D eigenvalue weighted by molar-refractivity contribution is 7.17. The Morgan fingerprint density at radius 1 is 1.22 bits per heavy atom. The summed E-state index contributed by atoms with van der Waals surface area (Å²) in [4.78, 5) is 20.4. The third-order valence-corrected chi connectivity index (χ3v) is 6.20. The summed E-state index contributed by atoms with van der Waals surface area (Å²) < 4.78 is 0.768. The van der Waals surface area contributed by atoms with Gasteiger partial charge in [0.1, 0.15) is 4.70 Å². The predicted octanol–water partition coefficient (Wildman–Crippen LogP) is 4.74. The molecule has 3 N–H and O–H groups in total. The van der Waals surface area contributed by atoms with Gasteiger partial charge in [-0.25, -0.2) is 0 Å². The Bertz CT molecular complexity index is 1190. The number of aromatic nitrogens is 2. The van der Waals surface area contributed by atoms with Gasteiger partial charge in [0.15, 0.2) is 0 Å². The van der Waals surface area contributed by atoms with Crippen molar-refractivity contribution in [1.29, 1.82) is 0 Å². The van der Waals surface area contributed by atoms with Gasteiger partial charge in [-0.15, -0.1) is 11.3 Å². The number of H-pyrrole nitrogens is 1.